The van der Waals surface area contributed by atoms with E-state index in [0.29, 0.717) is 22.4 Å². The summed E-state index contributed by atoms with van der Waals surface area (Å²) in [5, 5.41) is 4.51. The van der Waals surface area contributed by atoms with Crippen molar-refractivity contribution in [2.24, 2.45) is 0 Å². The van der Waals surface area contributed by atoms with E-state index in [-0.39, 0.29) is 0 Å². The lowest BCUT2D eigenvalue weighted by molar-refractivity contribution is 0.432. The van der Waals surface area contributed by atoms with Crippen molar-refractivity contribution in [1.82, 2.24) is 10.1 Å². The fourth-order valence-electron chi connectivity index (χ4n) is 1.87. The van der Waals surface area contributed by atoms with E-state index in [0.717, 1.165) is 21.2 Å². The van der Waals surface area contributed by atoms with Gasteiger partial charge in [-0.1, -0.05) is 44.8 Å². The number of anilines is 1. The Labute approximate surface area is 135 Å². The van der Waals surface area contributed by atoms with Gasteiger partial charge in [-0.25, -0.2) is 0 Å². The Hall–Kier alpha value is -1.85. The Morgan fingerprint density at radius 1 is 1.14 bits per heavy atom. The lowest BCUT2D eigenvalue weighted by Gasteiger charge is -2.00. The van der Waals surface area contributed by atoms with Crippen LogP contribution in [0.5, 0.6) is 0 Å². The largest absolute Gasteiger partial charge is 0.398 e. The first-order valence-corrected chi connectivity index (χ1v) is 7.37. The molecule has 1 heterocycles. The van der Waals surface area contributed by atoms with Crippen LogP contribution in [0.4, 0.5) is 5.69 Å². The number of nitrogen functional groups attached to an aromatic ring is 1. The summed E-state index contributed by atoms with van der Waals surface area (Å²) in [5.74, 6) is 0.935. The molecule has 0 spiro atoms. The minimum Gasteiger partial charge on any atom is -0.398 e. The van der Waals surface area contributed by atoms with Gasteiger partial charge in [-0.05, 0) is 36.8 Å². The van der Waals surface area contributed by atoms with Crippen LogP contribution in [0.1, 0.15) is 5.56 Å². The van der Waals surface area contributed by atoms with Gasteiger partial charge in [0.15, 0.2) is 0 Å². The molecule has 0 unspecified atom stereocenters. The van der Waals surface area contributed by atoms with E-state index < -0.39 is 0 Å². The lowest BCUT2D eigenvalue weighted by atomic mass is 10.1. The van der Waals surface area contributed by atoms with Gasteiger partial charge < -0.3 is 10.3 Å². The van der Waals surface area contributed by atoms with E-state index in [1.54, 1.807) is 18.2 Å². The average Bonchev–Trinajstić information content (AvgIpc) is 2.94. The summed E-state index contributed by atoms with van der Waals surface area (Å²) in [5.41, 5.74) is 9.03. The summed E-state index contributed by atoms with van der Waals surface area (Å²) in [6.07, 6.45) is 0. The highest BCUT2D eigenvalue weighted by atomic mass is 79.9. The summed E-state index contributed by atoms with van der Waals surface area (Å²) in [6, 6.07) is 11.1. The lowest BCUT2D eigenvalue weighted by Crippen LogP contribution is -1.87. The number of hydrogen-bond acceptors (Lipinski definition) is 4. The molecule has 3 aromatic rings. The number of aryl methyl sites for hydroxylation is 1. The minimum absolute atomic E-state index is 0.407. The van der Waals surface area contributed by atoms with Crippen LogP contribution in [0.2, 0.25) is 5.02 Å². The normalized spacial score (nSPS) is 10.8. The van der Waals surface area contributed by atoms with Crippen LogP contribution in [0.25, 0.3) is 22.8 Å². The van der Waals surface area contributed by atoms with Gasteiger partial charge in [-0.2, -0.15) is 4.98 Å². The Morgan fingerprint density at radius 3 is 2.62 bits per heavy atom. The van der Waals surface area contributed by atoms with Gasteiger partial charge in [-0.15, -0.1) is 0 Å². The van der Waals surface area contributed by atoms with Crippen LogP contribution in [0.3, 0.4) is 0 Å². The van der Waals surface area contributed by atoms with Crippen molar-refractivity contribution in [2.45, 2.75) is 6.92 Å². The fraction of sp³-hybridized carbons (Fsp3) is 0.0667. The van der Waals surface area contributed by atoms with E-state index >= 15 is 0 Å². The van der Waals surface area contributed by atoms with Crippen molar-refractivity contribution in [1.29, 1.82) is 0 Å². The van der Waals surface area contributed by atoms with Crippen LogP contribution in [0, 0.1) is 6.92 Å². The molecule has 0 saturated carbocycles. The van der Waals surface area contributed by atoms with Crippen LogP contribution in [0.15, 0.2) is 45.4 Å². The van der Waals surface area contributed by atoms with E-state index in [1.165, 1.54) is 0 Å². The fourth-order valence-corrected chi connectivity index (χ4v) is 2.36. The zero-order valence-electron chi connectivity index (χ0n) is 11.1. The summed E-state index contributed by atoms with van der Waals surface area (Å²) < 4.78 is 6.30. The molecule has 4 nitrogen and oxygen atoms in total. The third-order valence-corrected chi connectivity index (χ3v) is 4.30. The van der Waals surface area contributed by atoms with E-state index in [2.05, 4.69) is 26.1 Å². The molecule has 21 heavy (non-hydrogen) atoms. The Kier molecular flexibility index (Phi) is 3.69. The highest BCUT2D eigenvalue weighted by molar-refractivity contribution is 9.10. The van der Waals surface area contributed by atoms with E-state index in [1.807, 2.05) is 25.1 Å². The van der Waals surface area contributed by atoms with Gasteiger partial charge in [0.1, 0.15) is 0 Å². The average molecular weight is 365 g/mol. The molecule has 6 heteroatoms. The molecule has 0 atom stereocenters. The van der Waals surface area contributed by atoms with Gasteiger partial charge in [0.25, 0.3) is 5.89 Å². The van der Waals surface area contributed by atoms with Crippen LogP contribution >= 0.6 is 27.5 Å². The molecule has 0 aliphatic rings. The molecule has 0 bridgehead atoms. The molecule has 0 aliphatic heterocycles. The number of nitrogens with two attached hydrogens (primary N) is 1. The number of aromatic nitrogens is 2. The highest BCUT2D eigenvalue weighted by Crippen LogP contribution is 2.28. The van der Waals surface area contributed by atoms with Crippen molar-refractivity contribution in [3.05, 3.63) is 51.5 Å². The van der Waals surface area contributed by atoms with Crippen molar-refractivity contribution >= 4 is 33.2 Å². The third-order valence-electron chi connectivity index (χ3n) is 3.10. The second-order valence-corrected chi connectivity index (χ2v) is 5.88. The minimum atomic E-state index is 0.407. The van der Waals surface area contributed by atoms with Gasteiger partial charge in [0.2, 0.25) is 5.82 Å². The molecule has 0 saturated heterocycles. The molecule has 0 aliphatic carbocycles. The van der Waals surface area contributed by atoms with Gasteiger partial charge >= 0.3 is 0 Å². The van der Waals surface area contributed by atoms with Crippen LogP contribution in [-0.2, 0) is 0 Å². The molecule has 0 radical (unpaired) electrons. The van der Waals surface area contributed by atoms with Gasteiger partial charge in [0, 0.05) is 15.6 Å². The van der Waals surface area contributed by atoms with Crippen molar-refractivity contribution in [3.8, 4) is 22.8 Å². The monoisotopic (exact) mass is 363 g/mol. The maximum absolute atomic E-state index is 5.90. The molecule has 1 aromatic heterocycles. The van der Waals surface area contributed by atoms with Crippen molar-refractivity contribution in [3.63, 3.8) is 0 Å². The van der Waals surface area contributed by atoms with Crippen molar-refractivity contribution < 1.29 is 4.52 Å². The number of halogens is 2. The first-order valence-electron chi connectivity index (χ1n) is 6.20. The Morgan fingerprint density at radius 2 is 1.90 bits per heavy atom. The van der Waals surface area contributed by atoms with Crippen molar-refractivity contribution in [2.75, 3.05) is 5.73 Å². The number of rotatable bonds is 2. The molecule has 106 valence electrons. The van der Waals surface area contributed by atoms with Gasteiger partial charge in [0.05, 0.1) is 10.7 Å². The predicted octanol–water partition coefficient (Wildman–Crippen LogP) is 4.71. The summed E-state index contributed by atoms with van der Waals surface area (Å²) >= 11 is 9.40. The summed E-state index contributed by atoms with van der Waals surface area (Å²) in [4.78, 5) is 4.40. The van der Waals surface area contributed by atoms with Crippen LogP contribution < -0.4 is 5.73 Å². The number of benzene rings is 2. The standard InChI is InChI=1S/C15H11BrClN3O/c1-8-2-3-9(6-11(8)16)14-19-15(21-20-14)10-4-5-12(17)13(18)7-10/h2-7H,18H2,1H3. The van der Waals surface area contributed by atoms with Gasteiger partial charge in [-0.3, -0.25) is 0 Å². The molecule has 0 amide bonds. The Bertz CT molecular complexity index is 750. The van der Waals surface area contributed by atoms with E-state index in [9.17, 15) is 0 Å². The third kappa shape index (κ3) is 2.80. The van der Waals surface area contributed by atoms with Crippen LogP contribution in [-0.4, -0.2) is 10.1 Å². The zero-order chi connectivity index (χ0) is 15.0. The molecule has 0 fully saturated rings. The maximum atomic E-state index is 5.90. The molecule has 2 N–H and O–H groups in total. The maximum Gasteiger partial charge on any atom is 0.258 e. The topological polar surface area (TPSA) is 64.9 Å². The summed E-state index contributed by atoms with van der Waals surface area (Å²) in [7, 11) is 0. The SMILES string of the molecule is Cc1ccc(-c2noc(-c3ccc(Cl)c(N)c3)n2)cc1Br. The second-order valence-electron chi connectivity index (χ2n) is 4.62. The van der Waals surface area contributed by atoms with E-state index in [4.69, 9.17) is 21.9 Å². The second kappa shape index (κ2) is 5.50. The highest BCUT2D eigenvalue weighted by Gasteiger charge is 2.12. The Balaban J connectivity index is 1.99. The smallest absolute Gasteiger partial charge is 0.258 e. The molecule has 3 rings (SSSR count). The molecular weight excluding hydrogens is 354 g/mol. The number of nitrogens with zero attached hydrogens (tertiary/aromatic N) is 2. The first kappa shape index (κ1) is 14.1. The summed E-state index contributed by atoms with van der Waals surface area (Å²) in [6.45, 7) is 2.02. The first-order chi connectivity index (χ1) is 10.0. The quantitative estimate of drug-likeness (QED) is 0.669. The molecule has 2 aromatic carbocycles. The zero-order valence-corrected chi connectivity index (χ0v) is 13.4. The number of hydrogen-bond donors (Lipinski definition) is 1. The predicted molar refractivity (Wildman–Crippen MR) is 87.0 cm³/mol. The molecular formula is C15H11BrClN3O.